The molecule has 1 heterocycles. The molecule has 2 N–H and O–H groups in total. The first-order chi connectivity index (χ1) is 8.59. The molecule has 3 atom stereocenters. The minimum atomic E-state index is -0.251. The van der Waals surface area contributed by atoms with Crippen molar-refractivity contribution in [1.29, 1.82) is 0 Å². The maximum Gasteiger partial charge on any atom is 0.127 e. The van der Waals surface area contributed by atoms with Crippen molar-refractivity contribution in [3.8, 4) is 0 Å². The molecule has 0 spiro atoms. The highest BCUT2D eigenvalue weighted by atomic mass is 35.5. The van der Waals surface area contributed by atoms with Gasteiger partial charge in [-0.25, -0.2) is 4.39 Å². The van der Waals surface area contributed by atoms with Crippen molar-refractivity contribution in [2.24, 2.45) is 5.73 Å². The van der Waals surface area contributed by atoms with E-state index in [1.54, 1.807) is 12.1 Å². The Morgan fingerprint density at radius 2 is 2.17 bits per heavy atom. The van der Waals surface area contributed by atoms with Gasteiger partial charge in [-0.3, -0.25) is 0 Å². The predicted molar refractivity (Wildman–Crippen MR) is 81.3 cm³/mol. The molecule has 1 aliphatic heterocycles. The molecule has 1 aliphatic rings. The average molecular weight is 306 g/mol. The zero-order valence-corrected chi connectivity index (χ0v) is 12.6. The first-order valence-electron chi connectivity index (χ1n) is 6.01. The Kier molecular flexibility index (Phi) is 5.24. The van der Waals surface area contributed by atoms with Crippen molar-refractivity contribution in [2.75, 3.05) is 11.5 Å². The molecule has 100 valence electrons. The van der Waals surface area contributed by atoms with Crippen LogP contribution in [0.5, 0.6) is 0 Å². The lowest BCUT2D eigenvalue weighted by Gasteiger charge is -2.32. The second-order valence-electron chi connectivity index (χ2n) is 4.48. The number of hydrogen-bond acceptors (Lipinski definition) is 3. The van der Waals surface area contributed by atoms with Crippen LogP contribution in [0.4, 0.5) is 4.39 Å². The second-order valence-corrected chi connectivity index (χ2v) is 7.66. The lowest BCUT2D eigenvalue weighted by molar-refractivity contribution is 0.572. The Morgan fingerprint density at radius 1 is 1.44 bits per heavy atom. The van der Waals surface area contributed by atoms with E-state index in [0.717, 1.165) is 5.75 Å². The minimum absolute atomic E-state index is 0.0489. The molecule has 0 amide bonds. The molecule has 1 saturated heterocycles. The van der Waals surface area contributed by atoms with Gasteiger partial charge >= 0.3 is 0 Å². The molecular weight excluding hydrogens is 289 g/mol. The second kappa shape index (κ2) is 6.51. The number of halogens is 2. The van der Waals surface area contributed by atoms with Gasteiger partial charge in [-0.05, 0) is 18.6 Å². The van der Waals surface area contributed by atoms with Crippen LogP contribution in [0.25, 0.3) is 0 Å². The minimum Gasteiger partial charge on any atom is -0.326 e. The van der Waals surface area contributed by atoms with Crippen molar-refractivity contribution < 1.29 is 4.39 Å². The van der Waals surface area contributed by atoms with Crippen molar-refractivity contribution in [2.45, 2.75) is 29.9 Å². The van der Waals surface area contributed by atoms with Crippen LogP contribution in [0, 0.1) is 5.82 Å². The zero-order valence-electron chi connectivity index (χ0n) is 10.2. The van der Waals surface area contributed by atoms with Crippen LogP contribution in [-0.4, -0.2) is 28.0 Å². The summed E-state index contributed by atoms with van der Waals surface area (Å²) in [6.07, 6.45) is 0.508. The molecule has 1 aromatic rings. The Balaban J connectivity index is 2.08. The Hall–Kier alpha value is 0.1000. The highest BCUT2D eigenvalue weighted by Gasteiger charge is 2.29. The fraction of sp³-hybridized carbons (Fsp3) is 0.538. The SMILES string of the molecule is CC1SCCSC1C(N)Cc1c(F)cccc1Cl. The summed E-state index contributed by atoms with van der Waals surface area (Å²) < 4.78 is 13.7. The fourth-order valence-electron chi connectivity index (χ4n) is 2.20. The lowest BCUT2D eigenvalue weighted by atomic mass is 10.0. The van der Waals surface area contributed by atoms with Gasteiger partial charge in [-0.15, -0.1) is 0 Å². The fourth-order valence-corrected chi connectivity index (χ4v) is 5.33. The Bertz CT molecular complexity index is 396. The third-order valence-corrected chi connectivity index (χ3v) is 6.79. The van der Waals surface area contributed by atoms with Crippen LogP contribution >= 0.6 is 35.1 Å². The van der Waals surface area contributed by atoms with Crippen molar-refractivity contribution in [3.63, 3.8) is 0 Å². The monoisotopic (exact) mass is 305 g/mol. The van der Waals surface area contributed by atoms with Gasteiger partial charge in [0.25, 0.3) is 0 Å². The van der Waals surface area contributed by atoms with Crippen LogP contribution in [0.15, 0.2) is 18.2 Å². The molecule has 2 rings (SSSR count). The molecule has 18 heavy (non-hydrogen) atoms. The third-order valence-electron chi connectivity index (χ3n) is 3.16. The van der Waals surface area contributed by atoms with Crippen LogP contribution in [-0.2, 0) is 6.42 Å². The van der Waals surface area contributed by atoms with Gasteiger partial charge in [0.2, 0.25) is 0 Å². The lowest BCUT2D eigenvalue weighted by Crippen LogP contribution is -2.42. The van der Waals surface area contributed by atoms with Crippen LogP contribution in [0.2, 0.25) is 5.02 Å². The Morgan fingerprint density at radius 3 is 2.83 bits per heavy atom. The van der Waals surface area contributed by atoms with E-state index in [-0.39, 0.29) is 11.9 Å². The van der Waals surface area contributed by atoms with Gasteiger partial charge in [0.1, 0.15) is 5.82 Å². The van der Waals surface area contributed by atoms with E-state index in [9.17, 15) is 4.39 Å². The maximum absolute atomic E-state index is 13.7. The van der Waals surface area contributed by atoms with Gasteiger partial charge in [0, 0.05) is 38.6 Å². The van der Waals surface area contributed by atoms with E-state index in [1.165, 1.54) is 11.8 Å². The van der Waals surface area contributed by atoms with E-state index in [1.807, 2.05) is 23.5 Å². The van der Waals surface area contributed by atoms with Crippen LogP contribution in [0.3, 0.4) is 0 Å². The molecule has 0 radical (unpaired) electrons. The largest absolute Gasteiger partial charge is 0.326 e. The number of hydrogen-bond donors (Lipinski definition) is 1. The number of rotatable bonds is 3. The summed E-state index contributed by atoms with van der Waals surface area (Å²) in [6.45, 7) is 2.20. The smallest absolute Gasteiger partial charge is 0.127 e. The van der Waals surface area contributed by atoms with Crippen molar-refractivity contribution in [1.82, 2.24) is 0 Å². The maximum atomic E-state index is 13.7. The van der Waals surface area contributed by atoms with Crippen LogP contribution < -0.4 is 5.73 Å². The van der Waals surface area contributed by atoms with Crippen LogP contribution in [0.1, 0.15) is 12.5 Å². The third kappa shape index (κ3) is 3.35. The number of nitrogens with two attached hydrogens (primary N) is 1. The molecule has 0 saturated carbocycles. The number of thioether (sulfide) groups is 2. The number of benzene rings is 1. The summed E-state index contributed by atoms with van der Waals surface area (Å²) in [6, 6.07) is 4.74. The molecule has 0 aliphatic carbocycles. The molecule has 1 fully saturated rings. The van der Waals surface area contributed by atoms with E-state index >= 15 is 0 Å². The molecule has 0 aromatic heterocycles. The van der Waals surface area contributed by atoms with E-state index in [2.05, 4.69) is 6.92 Å². The van der Waals surface area contributed by atoms with Gasteiger partial charge in [-0.1, -0.05) is 24.6 Å². The first-order valence-corrected chi connectivity index (χ1v) is 8.49. The average Bonchev–Trinajstić information content (AvgIpc) is 2.34. The van der Waals surface area contributed by atoms with Crippen molar-refractivity contribution in [3.05, 3.63) is 34.6 Å². The summed E-state index contributed by atoms with van der Waals surface area (Å²) in [5.41, 5.74) is 6.80. The van der Waals surface area contributed by atoms with E-state index in [0.29, 0.717) is 27.5 Å². The van der Waals surface area contributed by atoms with Crippen molar-refractivity contribution >= 4 is 35.1 Å². The highest BCUT2D eigenvalue weighted by molar-refractivity contribution is 8.07. The quantitative estimate of drug-likeness (QED) is 0.924. The molecule has 5 heteroatoms. The molecule has 0 bridgehead atoms. The molecule has 3 unspecified atom stereocenters. The summed E-state index contributed by atoms with van der Waals surface area (Å²) >= 11 is 9.89. The Labute approximate surface area is 121 Å². The summed E-state index contributed by atoms with van der Waals surface area (Å²) in [4.78, 5) is 0. The molecular formula is C13H17ClFNS2. The normalized spacial score (nSPS) is 26.0. The summed E-state index contributed by atoms with van der Waals surface area (Å²) in [5.74, 6) is 2.05. The van der Waals surface area contributed by atoms with Gasteiger partial charge in [0.05, 0.1) is 0 Å². The van der Waals surface area contributed by atoms with Gasteiger partial charge in [-0.2, -0.15) is 23.5 Å². The van der Waals surface area contributed by atoms with Gasteiger partial charge in [0.15, 0.2) is 0 Å². The highest BCUT2D eigenvalue weighted by Crippen LogP contribution is 2.34. The van der Waals surface area contributed by atoms with E-state index in [4.69, 9.17) is 17.3 Å². The molecule has 1 aromatic carbocycles. The molecule has 1 nitrogen and oxygen atoms in total. The summed E-state index contributed by atoms with van der Waals surface area (Å²) in [5, 5.41) is 1.37. The van der Waals surface area contributed by atoms with E-state index < -0.39 is 0 Å². The summed E-state index contributed by atoms with van der Waals surface area (Å²) in [7, 11) is 0. The zero-order chi connectivity index (χ0) is 13.1. The predicted octanol–water partition coefficient (Wildman–Crippen LogP) is 3.59. The topological polar surface area (TPSA) is 26.0 Å². The van der Waals surface area contributed by atoms with Gasteiger partial charge < -0.3 is 5.73 Å². The standard InChI is InChI=1S/C13H17ClFNS2/c1-8-13(18-6-5-17-8)12(16)7-9-10(14)3-2-4-11(9)15/h2-4,8,12-13H,5-7,16H2,1H3. The first kappa shape index (κ1) is 14.5.